The van der Waals surface area contributed by atoms with Gasteiger partial charge in [0.2, 0.25) is 0 Å². The molecule has 2 aromatic rings. The lowest BCUT2D eigenvalue weighted by Crippen LogP contribution is -2.27. The smallest absolute Gasteiger partial charge is 0.0970 e. The summed E-state index contributed by atoms with van der Waals surface area (Å²) in [7, 11) is 0. The molecule has 0 saturated heterocycles. The Kier molecular flexibility index (Phi) is 3.96. The Labute approximate surface area is 108 Å². The van der Waals surface area contributed by atoms with E-state index in [1.807, 2.05) is 60.7 Å². The van der Waals surface area contributed by atoms with E-state index in [1.165, 1.54) is 0 Å². The van der Waals surface area contributed by atoms with Crippen LogP contribution in [-0.2, 0) is 12.0 Å². The number of aliphatic hydroxyl groups is 1. The first kappa shape index (κ1) is 12.6. The third-order valence-corrected chi connectivity index (χ3v) is 3.13. The number of hydrogen-bond donors (Lipinski definition) is 1. The standard InChI is InChI=1S/C17H18O/c1-2-13-17(18,16-11-7-4-8-12-16)14-15-9-5-3-6-10-15/h2-12,18H,1,13-14H2/t17-/m1/s1. The molecular formula is C17H18O. The molecule has 1 N–H and O–H groups in total. The van der Waals surface area contributed by atoms with Gasteiger partial charge in [0.15, 0.2) is 0 Å². The minimum absolute atomic E-state index is 0.548. The lowest BCUT2D eigenvalue weighted by molar-refractivity contribution is 0.0400. The fourth-order valence-corrected chi connectivity index (χ4v) is 2.21. The third kappa shape index (κ3) is 2.88. The van der Waals surface area contributed by atoms with Crippen LogP contribution >= 0.6 is 0 Å². The summed E-state index contributed by atoms with van der Waals surface area (Å²) in [6, 6.07) is 19.8. The molecule has 0 heterocycles. The minimum atomic E-state index is -0.871. The van der Waals surface area contributed by atoms with E-state index in [4.69, 9.17) is 0 Å². The van der Waals surface area contributed by atoms with Gasteiger partial charge in [-0.3, -0.25) is 0 Å². The van der Waals surface area contributed by atoms with E-state index in [0.717, 1.165) is 11.1 Å². The second-order valence-corrected chi connectivity index (χ2v) is 4.55. The predicted octanol–water partition coefficient (Wildman–Crippen LogP) is 3.69. The highest BCUT2D eigenvalue weighted by molar-refractivity contribution is 5.27. The first-order valence-corrected chi connectivity index (χ1v) is 6.17. The van der Waals surface area contributed by atoms with Crippen molar-refractivity contribution in [1.29, 1.82) is 0 Å². The summed E-state index contributed by atoms with van der Waals surface area (Å²) in [5.74, 6) is 0. The van der Waals surface area contributed by atoms with Gasteiger partial charge >= 0.3 is 0 Å². The van der Waals surface area contributed by atoms with Crippen molar-refractivity contribution < 1.29 is 5.11 Å². The van der Waals surface area contributed by atoms with E-state index < -0.39 is 5.60 Å². The van der Waals surface area contributed by atoms with Crippen LogP contribution in [-0.4, -0.2) is 5.11 Å². The Balaban J connectivity index is 2.30. The van der Waals surface area contributed by atoms with E-state index in [1.54, 1.807) is 6.08 Å². The molecule has 0 fully saturated rings. The van der Waals surface area contributed by atoms with E-state index in [-0.39, 0.29) is 0 Å². The van der Waals surface area contributed by atoms with Crippen LogP contribution in [0.25, 0.3) is 0 Å². The largest absolute Gasteiger partial charge is 0.384 e. The van der Waals surface area contributed by atoms with Crippen LogP contribution in [0.15, 0.2) is 73.3 Å². The zero-order chi connectivity index (χ0) is 12.8. The fraction of sp³-hybridized carbons (Fsp3) is 0.176. The van der Waals surface area contributed by atoms with Crippen molar-refractivity contribution in [3.63, 3.8) is 0 Å². The zero-order valence-electron chi connectivity index (χ0n) is 10.4. The molecular weight excluding hydrogens is 220 g/mol. The van der Waals surface area contributed by atoms with Crippen LogP contribution in [0.3, 0.4) is 0 Å². The molecule has 0 bridgehead atoms. The highest BCUT2D eigenvalue weighted by Gasteiger charge is 2.27. The summed E-state index contributed by atoms with van der Waals surface area (Å²) < 4.78 is 0. The van der Waals surface area contributed by atoms with Crippen LogP contribution in [0.1, 0.15) is 17.5 Å². The second kappa shape index (κ2) is 5.65. The van der Waals surface area contributed by atoms with Crippen molar-refractivity contribution in [2.24, 2.45) is 0 Å². The highest BCUT2D eigenvalue weighted by Crippen LogP contribution is 2.29. The predicted molar refractivity (Wildman–Crippen MR) is 75.3 cm³/mol. The molecule has 0 aliphatic rings. The van der Waals surface area contributed by atoms with Gasteiger partial charge in [0.25, 0.3) is 0 Å². The van der Waals surface area contributed by atoms with Gasteiger partial charge in [-0.15, -0.1) is 6.58 Å². The van der Waals surface area contributed by atoms with Crippen molar-refractivity contribution >= 4 is 0 Å². The van der Waals surface area contributed by atoms with Crippen LogP contribution in [0.2, 0.25) is 0 Å². The molecule has 92 valence electrons. The van der Waals surface area contributed by atoms with Crippen LogP contribution in [0.5, 0.6) is 0 Å². The molecule has 1 nitrogen and oxygen atoms in total. The molecule has 0 aliphatic heterocycles. The average Bonchev–Trinajstić information content (AvgIpc) is 2.41. The Morgan fingerprint density at radius 2 is 1.50 bits per heavy atom. The second-order valence-electron chi connectivity index (χ2n) is 4.55. The van der Waals surface area contributed by atoms with Gasteiger partial charge in [-0.25, -0.2) is 0 Å². The zero-order valence-corrected chi connectivity index (χ0v) is 10.4. The molecule has 2 rings (SSSR count). The van der Waals surface area contributed by atoms with Gasteiger partial charge in [-0.05, 0) is 17.5 Å². The Morgan fingerprint density at radius 1 is 0.944 bits per heavy atom. The molecule has 0 unspecified atom stereocenters. The van der Waals surface area contributed by atoms with Crippen molar-refractivity contribution in [2.45, 2.75) is 18.4 Å². The summed E-state index contributed by atoms with van der Waals surface area (Å²) in [6.45, 7) is 3.75. The van der Waals surface area contributed by atoms with Gasteiger partial charge < -0.3 is 5.11 Å². The first-order chi connectivity index (χ1) is 8.74. The lowest BCUT2D eigenvalue weighted by Gasteiger charge is -2.27. The summed E-state index contributed by atoms with van der Waals surface area (Å²) in [4.78, 5) is 0. The molecule has 0 radical (unpaired) electrons. The molecule has 0 amide bonds. The van der Waals surface area contributed by atoms with Gasteiger partial charge in [-0.2, -0.15) is 0 Å². The van der Waals surface area contributed by atoms with Gasteiger partial charge in [0, 0.05) is 6.42 Å². The quantitative estimate of drug-likeness (QED) is 0.788. The average molecular weight is 238 g/mol. The van der Waals surface area contributed by atoms with Crippen molar-refractivity contribution in [1.82, 2.24) is 0 Å². The molecule has 1 atom stereocenters. The number of rotatable bonds is 5. The summed E-state index contributed by atoms with van der Waals surface area (Å²) in [5.41, 5.74) is 1.20. The maximum Gasteiger partial charge on any atom is 0.0970 e. The third-order valence-electron chi connectivity index (χ3n) is 3.13. The number of benzene rings is 2. The lowest BCUT2D eigenvalue weighted by atomic mass is 9.84. The van der Waals surface area contributed by atoms with E-state index in [9.17, 15) is 5.11 Å². The minimum Gasteiger partial charge on any atom is -0.384 e. The fourth-order valence-electron chi connectivity index (χ4n) is 2.21. The topological polar surface area (TPSA) is 20.2 Å². The van der Waals surface area contributed by atoms with Crippen molar-refractivity contribution in [3.8, 4) is 0 Å². The summed E-state index contributed by atoms with van der Waals surface area (Å²) in [6.07, 6.45) is 2.92. The van der Waals surface area contributed by atoms with Crippen molar-refractivity contribution in [2.75, 3.05) is 0 Å². The molecule has 18 heavy (non-hydrogen) atoms. The first-order valence-electron chi connectivity index (χ1n) is 6.17. The maximum atomic E-state index is 10.9. The van der Waals surface area contributed by atoms with Gasteiger partial charge in [0.05, 0.1) is 5.60 Å². The molecule has 0 saturated carbocycles. The van der Waals surface area contributed by atoms with Crippen LogP contribution in [0, 0.1) is 0 Å². The van der Waals surface area contributed by atoms with Crippen molar-refractivity contribution in [3.05, 3.63) is 84.4 Å². The Bertz CT molecular complexity index is 490. The molecule has 1 heteroatoms. The monoisotopic (exact) mass is 238 g/mol. The van der Waals surface area contributed by atoms with E-state index >= 15 is 0 Å². The van der Waals surface area contributed by atoms with E-state index in [0.29, 0.717) is 12.8 Å². The van der Waals surface area contributed by atoms with Gasteiger partial charge in [0.1, 0.15) is 0 Å². The van der Waals surface area contributed by atoms with Gasteiger partial charge in [-0.1, -0.05) is 66.7 Å². The normalized spacial score (nSPS) is 13.8. The molecule has 2 aromatic carbocycles. The van der Waals surface area contributed by atoms with Crippen LogP contribution < -0.4 is 0 Å². The molecule has 0 aliphatic carbocycles. The molecule has 0 spiro atoms. The molecule has 0 aromatic heterocycles. The summed E-state index contributed by atoms with van der Waals surface area (Å²) >= 11 is 0. The highest BCUT2D eigenvalue weighted by atomic mass is 16.3. The summed E-state index contributed by atoms with van der Waals surface area (Å²) in [5, 5.41) is 10.9. The number of hydrogen-bond acceptors (Lipinski definition) is 1. The van der Waals surface area contributed by atoms with E-state index in [2.05, 4.69) is 6.58 Å². The Hall–Kier alpha value is -1.86. The Morgan fingerprint density at radius 3 is 2.06 bits per heavy atom. The SMILES string of the molecule is C=CC[C@@](O)(Cc1ccccc1)c1ccccc1. The van der Waals surface area contributed by atoms with Crippen LogP contribution in [0.4, 0.5) is 0 Å². The maximum absolute atomic E-state index is 10.9.